The molecule has 0 aliphatic carbocycles. The van der Waals surface area contributed by atoms with Crippen LogP contribution in [0.3, 0.4) is 0 Å². The quantitative estimate of drug-likeness (QED) is 0.660. The van der Waals surface area contributed by atoms with Gasteiger partial charge in [0.2, 0.25) is 0 Å². The van der Waals surface area contributed by atoms with Crippen molar-refractivity contribution in [1.29, 1.82) is 0 Å². The fourth-order valence-corrected chi connectivity index (χ4v) is 1.46. The van der Waals surface area contributed by atoms with Crippen LogP contribution < -0.4 is 5.11 Å². The summed E-state index contributed by atoms with van der Waals surface area (Å²) in [6.45, 7) is 0. The summed E-state index contributed by atoms with van der Waals surface area (Å²) in [6, 6.07) is 7.96. The highest BCUT2D eigenvalue weighted by atomic mass is 35.5. The first-order chi connectivity index (χ1) is 6.68. The van der Waals surface area contributed by atoms with Crippen LogP contribution in [0.25, 0.3) is 10.9 Å². The number of aromatic carboxylic acids is 1. The zero-order valence-corrected chi connectivity index (χ0v) is 7.78. The Kier molecular flexibility index (Phi) is 2.09. The molecule has 1 aromatic carbocycles. The second-order valence-corrected chi connectivity index (χ2v) is 3.18. The topological polar surface area (TPSA) is 53.0 Å². The molecule has 0 unspecified atom stereocenters. The zero-order valence-electron chi connectivity index (χ0n) is 7.03. The van der Waals surface area contributed by atoms with Crippen molar-refractivity contribution in [3.05, 3.63) is 41.0 Å². The fourth-order valence-electron chi connectivity index (χ4n) is 1.31. The van der Waals surface area contributed by atoms with Gasteiger partial charge in [-0.2, -0.15) is 0 Å². The Labute approximate surface area is 85.0 Å². The first kappa shape index (κ1) is 8.97. The van der Waals surface area contributed by atoms with Gasteiger partial charge >= 0.3 is 0 Å². The molecule has 4 heteroatoms. The lowest BCUT2D eigenvalue weighted by atomic mass is 10.1. The number of hydrogen-bond donors (Lipinski definition) is 0. The maximum Gasteiger partial charge on any atom is 0.129 e. The number of carboxylic acid groups (broad SMARTS) is 1. The normalized spacial score (nSPS) is 10.4. The largest absolute Gasteiger partial charge is 0.545 e. The SMILES string of the molecule is O=C([O-])c1cccc2nc(Cl)ccc12. The third kappa shape index (κ3) is 1.42. The first-order valence-corrected chi connectivity index (χ1v) is 4.33. The molecule has 1 aromatic heterocycles. The summed E-state index contributed by atoms with van der Waals surface area (Å²) >= 11 is 5.68. The number of hydrogen-bond acceptors (Lipinski definition) is 3. The second-order valence-electron chi connectivity index (χ2n) is 2.79. The number of carbonyl (C=O) groups excluding carboxylic acids is 1. The summed E-state index contributed by atoms with van der Waals surface area (Å²) in [5.74, 6) is -1.21. The first-order valence-electron chi connectivity index (χ1n) is 3.95. The Morgan fingerprint density at radius 2 is 2.07 bits per heavy atom. The number of fused-ring (bicyclic) bond motifs is 1. The highest BCUT2D eigenvalue weighted by molar-refractivity contribution is 6.29. The van der Waals surface area contributed by atoms with Crippen molar-refractivity contribution in [2.45, 2.75) is 0 Å². The van der Waals surface area contributed by atoms with Crippen molar-refractivity contribution in [2.24, 2.45) is 0 Å². The molecule has 2 aromatic rings. The van der Waals surface area contributed by atoms with E-state index in [0.717, 1.165) is 0 Å². The van der Waals surface area contributed by atoms with Crippen LogP contribution in [0.5, 0.6) is 0 Å². The number of nitrogens with zero attached hydrogens (tertiary/aromatic N) is 1. The summed E-state index contributed by atoms with van der Waals surface area (Å²) < 4.78 is 0. The highest BCUT2D eigenvalue weighted by Gasteiger charge is 2.02. The number of rotatable bonds is 1. The lowest BCUT2D eigenvalue weighted by Crippen LogP contribution is -2.22. The van der Waals surface area contributed by atoms with Gasteiger partial charge in [0.15, 0.2) is 0 Å². The lowest BCUT2D eigenvalue weighted by molar-refractivity contribution is -0.254. The van der Waals surface area contributed by atoms with Crippen LogP contribution in [0.4, 0.5) is 0 Å². The third-order valence-electron chi connectivity index (χ3n) is 1.92. The maximum absolute atomic E-state index is 10.7. The van der Waals surface area contributed by atoms with Crippen molar-refractivity contribution >= 4 is 28.5 Å². The smallest absolute Gasteiger partial charge is 0.129 e. The zero-order chi connectivity index (χ0) is 10.1. The molecule has 1 heterocycles. The number of benzene rings is 1. The number of carbonyl (C=O) groups is 1. The minimum Gasteiger partial charge on any atom is -0.545 e. The van der Waals surface area contributed by atoms with Crippen molar-refractivity contribution < 1.29 is 9.90 Å². The van der Waals surface area contributed by atoms with Crippen LogP contribution >= 0.6 is 11.6 Å². The Balaban J connectivity index is 2.81. The molecule has 14 heavy (non-hydrogen) atoms. The molecular weight excluding hydrogens is 202 g/mol. The molecule has 0 aliphatic heterocycles. The number of aromatic nitrogens is 1. The average Bonchev–Trinajstić information content (AvgIpc) is 2.16. The lowest BCUT2D eigenvalue weighted by Gasteiger charge is -2.06. The summed E-state index contributed by atoms with van der Waals surface area (Å²) in [6.07, 6.45) is 0. The van der Waals surface area contributed by atoms with Gasteiger partial charge in [0.1, 0.15) is 5.15 Å². The molecule has 0 spiro atoms. The summed E-state index contributed by atoms with van der Waals surface area (Å²) in [7, 11) is 0. The summed E-state index contributed by atoms with van der Waals surface area (Å²) in [5, 5.41) is 11.6. The monoisotopic (exact) mass is 206 g/mol. The van der Waals surface area contributed by atoms with Crippen LogP contribution in [-0.4, -0.2) is 11.0 Å². The number of pyridine rings is 1. The van der Waals surface area contributed by atoms with Gasteiger partial charge in [0.05, 0.1) is 11.5 Å². The van der Waals surface area contributed by atoms with E-state index < -0.39 is 5.97 Å². The summed E-state index contributed by atoms with van der Waals surface area (Å²) in [5.41, 5.74) is 0.686. The predicted molar refractivity (Wildman–Crippen MR) is 51.1 cm³/mol. The minimum atomic E-state index is -1.21. The summed E-state index contributed by atoms with van der Waals surface area (Å²) in [4.78, 5) is 14.7. The van der Waals surface area contributed by atoms with E-state index in [1.165, 1.54) is 6.07 Å². The van der Waals surface area contributed by atoms with Crippen LogP contribution in [0.1, 0.15) is 10.4 Å². The van der Waals surface area contributed by atoms with E-state index in [0.29, 0.717) is 16.1 Å². The molecule has 0 saturated heterocycles. The molecule has 0 N–H and O–H groups in total. The van der Waals surface area contributed by atoms with Crippen molar-refractivity contribution in [1.82, 2.24) is 4.98 Å². The van der Waals surface area contributed by atoms with Crippen LogP contribution in [0, 0.1) is 0 Å². The molecule has 70 valence electrons. The second kappa shape index (κ2) is 3.27. The molecular formula is C10H5ClNO2-. The maximum atomic E-state index is 10.7. The Bertz CT molecular complexity index is 510. The van der Waals surface area contributed by atoms with E-state index in [9.17, 15) is 9.90 Å². The van der Waals surface area contributed by atoms with Gasteiger partial charge in [-0.05, 0) is 18.2 Å². The Morgan fingerprint density at radius 3 is 2.79 bits per heavy atom. The molecule has 0 fully saturated rings. The van der Waals surface area contributed by atoms with Gasteiger partial charge in [-0.25, -0.2) is 4.98 Å². The molecule has 0 bridgehead atoms. The van der Waals surface area contributed by atoms with E-state index in [1.54, 1.807) is 24.3 Å². The van der Waals surface area contributed by atoms with Crippen molar-refractivity contribution in [3.63, 3.8) is 0 Å². The van der Waals surface area contributed by atoms with Crippen LogP contribution in [0.2, 0.25) is 5.15 Å². The van der Waals surface area contributed by atoms with Gasteiger partial charge in [0.25, 0.3) is 0 Å². The molecule has 0 saturated carbocycles. The fraction of sp³-hybridized carbons (Fsp3) is 0. The van der Waals surface area contributed by atoms with Gasteiger partial charge in [0, 0.05) is 10.9 Å². The molecule has 0 aliphatic rings. The molecule has 2 rings (SSSR count). The predicted octanol–water partition coefficient (Wildman–Crippen LogP) is 1.25. The molecule has 0 amide bonds. The number of halogens is 1. The van der Waals surface area contributed by atoms with Crippen molar-refractivity contribution in [2.75, 3.05) is 0 Å². The van der Waals surface area contributed by atoms with E-state index in [-0.39, 0.29) is 5.56 Å². The van der Waals surface area contributed by atoms with Crippen LogP contribution in [-0.2, 0) is 0 Å². The molecule has 0 radical (unpaired) electrons. The van der Waals surface area contributed by atoms with Gasteiger partial charge in [-0.1, -0.05) is 23.7 Å². The van der Waals surface area contributed by atoms with Gasteiger partial charge < -0.3 is 9.90 Å². The average molecular weight is 207 g/mol. The third-order valence-corrected chi connectivity index (χ3v) is 2.13. The highest BCUT2D eigenvalue weighted by Crippen LogP contribution is 2.18. The standard InChI is InChI=1S/C10H6ClNO2/c11-9-5-4-6-7(10(13)14)2-1-3-8(6)12-9/h1-5H,(H,13,14)/p-1. The van der Waals surface area contributed by atoms with Crippen LogP contribution in [0.15, 0.2) is 30.3 Å². The minimum absolute atomic E-state index is 0.131. The Hall–Kier alpha value is -1.61. The van der Waals surface area contributed by atoms with E-state index >= 15 is 0 Å². The number of carboxylic acids is 1. The van der Waals surface area contributed by atoms with Crippen molar-refractivity contribution in [3.8, 4) is 0 Å². The van der Waals surface area contributed by atoms with Gasteiger partial charge in [-0.15, -0.1) is 0 Å². The van der Waals surface area contributed by atoms with Gasteiger partial charge in [-0.3, -0.25) is 0 Å². The molecule has 3 nitrogen and oxygen atoms in total. The Morgan fingerprint density at radius 1 is 1.29 bits per heavy atom. The van der Waals surface area contributed by atoms with E-state index in [2.05, 4.69) is 4.98 Å². The molecule has 0 atom stereocenters. The van der Waals surface area contributed by atoms with E-state index in [4.69, 9.17) is 11.6 Å². The van der Waals surface area contributed by atoms with E-state index in [1.807, 2.05) is 0 Å².